The SMILES string of the molecule is c1ccc2c(c1)CN1CCCc3cccc-2c31. The van der Waals surface area contributed by atoms with E-state index in [-0.39, 0.29) is 0 Å². The maximum atomic E-state index is 2.55. The highest BCUT2D eigenvalue weighted by atomic mass is 15.1. The smallest absolute Gasteiger partial charge is 0.0481 e. The highest BCUT2D eigenvalue weighted by Gasteiger charge is 2.26. The number of aryl methyl sites for hydroxylation is 1. The largest absolute Gasteiger partial charge is 0.366 e. The fraction of sp³-hybridized carbons (Fsp3) is 0.250. The van der Waals surface area contributed by atoms with E-state index in [1.807, 2.05) is 0 Å². The maximum Gasteiger partial charge on any atom is 0.0481 e. The van der Waals surface area contributed by atoms with E-state index in [1.54, 1.807) is 0 Å². The highest BCUT2D eigenvalue weighted by Crippen LogP contribution is 2.43. The maximum absolute atomic E-state index is 2.55. The van der Waals surface area contributed by atoms with E-state index in [0.29, 0.717) is 0 Å². The minimum Gasteiger partial charge on any atom is -0.366 e. The second-order valence-corrected chi connectivity index (χ2v) is 5.00. The summed E-state index contributed by atoms with van der Waals surface area (Å²) < 4.78 is 0. The van der Waals surface area contributed by atoms with Crippen LogP contribution >= 0.6 is 0 Å². The molecule has 0 unspecified atom stereocenters. The van der Waals surface area contributed by atoms with Crippen molar-refractivity contribution in [1.29, 1.82) is 0 Å². The molecule has 0 amide bonds. The average Bonchev–Trinajstić information content (AvgIpc) is 2.39. The first-order valence-corrected chi connectivity index (χ1v) is 6.38. The van der Waals surface area contributed by atoms with Gasteiger partial charge >= 0.3 is 0 Å². The van der Waals surface area contributed by atoms with Crippen molar-refractivity contribution in [2.24, 2.45) is 0 Å². The third-order valence-electron chi connectivity index (χ3n) is 3.98. The summed E-state index contributed by atoms with van der Waals surface area (Å²) in [5.74, 6) is 0. The van der Waals surface area contributed by atoms with Crippen molar-refractivity contribution in [3.8, 4) is 11.1 Å². The minimum atomic E-state index is 1.08. The Morgan fingerprint density at radius 3 is 2.65 bits per heavy atom. The molecule has 0 bridgehead atoms. The van der Waals surface area contributed by atoms with E-state index < -0.39 is 0 Å². The standard InChI is InChI=1S/C16H15N/c1-2-8-14-13(5-1)11-17-10-4-7-12-6-3-9-15(14)16(12)17/h1-3,5-6,8-9H,4,7,10-11H2. The summed E-state index contributed by atoms with van der Waals surface area (Å²) in [7, 11) is 0. The first-order valence-electron chi connectivity index (χ1n) is 6.38. The van der Waals surface area contributed by atoms with Crippen molar-refractivity contribution in [1.82, 2.24) is 0 Å². The molecule has 0 fully saturated rings. The van der Waals surface area contributed by atoms with Crippen LogP contribution in [0.4, 0.5) is 5.69 Å². The third kappa shape index (κ3) is 1.25. The Hall–Kier alpha value is -1.76. The first kappa shape index (κ1) is 9.29. The lowest BCUT2D eigenvalue weighted by Gasteiger charge is -2.37. The average molecular weight is 221 g/mol. The molecule has 0 atom stereocenters. The second kappa shape index (κ2) is 3.36. The molecule has 2 aliphatic rings. The van der Waals surface area contributed by atoms with Gasteiger partial charge in [-0.1, -0.05) is 42.5 Å². The molecule has 2 aromatic rings. The lowest BCUT2D eigenvalue weighted by atomic mass is 9.88. The fourth-order valence-corrected chi connectivity index (χ4v) is 3.24. The molecule has 1 nitrogen and oxygen atoms in total. The molecule has 4 rings (SSSR count). The Bertz CT molecular complexity index is 586. The molecule has 2 heterocycles. The zero-order valence-corrected chi connectivity index (χ0v) is 9.82. The second-order valence-electron chi connectivity index (χ2n) is 5.00. The van der Waals surface area contributed by atoms with Crippen LogP contribution in [0.15, 0.2) is 42.5 Å². The molecule has 0 aliphatic carbocycles. The molecule has 0 N–H and O–H groups in total. The van der Waals surface area contributed by atoms with Crippen LogP contribution in [0.5, 0.6) is 0 Å². The van der Waals surface area contributed by atoms with Crippen LogP contribution in [-0.2, 0) is 13.0 Å². The number of rotatable bonds is 0. The van der Waals surface area contributed by atoms with Gasteiger partial charge in [0.05, 0.1) is 0 Å². The van der Waals surface area contributed by atoms with Crippen molar-refractivity contribution in [3.05, 3.63) is 53.6 Å². The normalized spacial score (nSPS) is 16.4. The Morgan fingerprint density at radius 1 is 0.824 bits per heavy atom. The Kier molecular flexibility index (Phi) is 1.84. The van der Waals surface area contributed by atoms with Crippen LogP contribution in [0.3, 0.4) is 0 Å². The van der Waals surface area contributed by atoms with Gasteiger partial charge in [0.1, 0.15) is 0 Å². The monoisotopic (exact) mass is 221 g/mol. The van der Waals surface area contributed by atoms with Gasteiger partial charge in [-0.3, -0.25) is 0 Å². The number of anilines is 1. The van der Waals surface area contributed by atoms with Crippen molar-refractivity contribution in [3.63, 3.8) is 0 Å². The van der Waals surface area contributed by atoms with Crippen molar-refractivity contribution >= 4 is 5.69 Å². The molecule has 2 aliphatic heterocycles. The summed E-state index contributed by atoms with van der Waals surface area (Å²) >= 11 is 0. The Labute approximate surface area is 102 Å². The van der Waals surface area contributed by atoms with Crippen LogP contribution in [0.1, 0.15) is 17.5 Å². The fourth-order valence-electron chi connectivity index (χ4n) is 3.24. The molecule has 84 valence electrons. The summed E-state index contributed by atoms with van der Waals surface area (Å²) in [6.45, 7) is 2.29. The van der Waals surface area contributed by atoms with Gasteiger partial charge in [0.25, 0.3) is 0 Å². The molecule has 0 radical (unpaired) electrons. The predicted molar refractivity (Wildman–Crippen MR) is 71.2 cm³/mol. The van der Waals surface area contributed by atoms with E-state index in [9.17, 15) is 0 Å². The van der Waals surface area contributed by atoms with Gasteiger partial charge in [-0.05, 0) is 29.5 Å². The van der Waals surface area contributed by atoms with Crippen LogP contribution in [0.2, 0.25) is 0 Å². The van der Waals surface area contributed by atoms with Gasteiger partial charge in [-0.2, -0.15) is 0 Å². The minimum absolute atomic E-state index is 1.08. The number of hydrogen-bond donors (Lipinski definition) is 0. The summed E-state index contributed by atoms with van der Waals surface area (Å²) in [5, 5.41) is 0. The highest BCUT2D eigenvalue weighted by molar-refractivity contribution is 5.86. The van der Waals surface area contributed by atoms with Crippen LogP contribution in [0.25, 0.3) is 11.1 Å². The molecule has 17 heavy (non-hydrogen) atoms. The van der Waals surface area contributed by atoms with Gasteiger partial charge in [0, 0.05) is 24.3 Å². The summed E-state index contributed by atoms with van der Waals surface area (Å²) in [6, 6.07) is 15.6. The van der Waals surface area contributed by atoms with Crippen LogP contribution < -0.4 is 4.90 Å². The van der Waals surface area contributed by atoms with E-state index in [2.05, 4.69) is 47.4 Å². The van der Waals surface area contributed by atoms with Crippen molar-refractivity contribution in [2.45, 2.75) is 19.4 Å². The molecule has 0 saturated carbocycles. The third-order valence-corrected chi connectivity index (χ3v) is 3.98. The van der Waals surface area contributed by atoms with E-state index in [4.69, 9.17) is 0 Å². The lowest BCUT2D eigenvalue weighted by Crippen LogP contribution is -2.31. The topological polar surface area (TPSA) is 3.24 Å². The molecular weight excluding hydrogens is 206 g/mol. The molecule has 2 aromatic carbocycles. The van der Waals surface area contributed by atoms with E-state index in [0.717, 1.165) is 6.54 Å². The molecule has 0 saturated heterocycles. The number of hydrogen-bond acceptors (Lipinski definition) is 1. The Balaban J connectivity index is 2.04. The summed E-state index contributed by atoms with van der Waals surface area (Å²) in [5.41, 5.74) is 7.37. The predicted octanol–water partition coefficient (Wildman–Crippen LogP) is 3.62. The lowest BCUT2D eigenvalue weighted by molar-refractivity contribution is 0.687. The van der Waals surface area contributed by atoms with Crippen LogP contribution in [-0.4, -0.2) is 6.54 Å². The number of benzene rings is 2. The molecular formula is C16H15N. The van der Waals surface area contributed by atoms with Gasteiger partial charge < -0.3 is 4.90 Å². The van der Waals surface area contributed by atoms with Crippen molar-refractivity contribution in [2.75, 3.05) is 11.4 Å². The first-order chi connectivity index (χ1) is 8.43. The van der Waals surface area contributed by atoms with Crippen molar-refractivity contribution < 1.29 is 0 Å². The van der Waals surface area contributed by atoms with Gasteiger partial charge in [-0.25, -0.2) is 0 Å². The Morgan fingerprint density at radius 2 is 1.65 bits per heavy atom. The number of fused-ring (bicyclic) bond motifs is 2. The summed E-state index contributed by atoms with van der Waals surface area (Å²) in [4.78, 5) is 2.55. The van der Waals surface area contributed by atoms with Gasteiger partial charge in [0.15, 0.2) is 0 Å². The molecule has 0 aromatic heterocycles. The van der Waals surface area contributed by atoms with Gasteiger partial charge in [0.2, 0.25) is 0 Å². The number of para-hydroxylation sites is 1. The quantitative estimate of drug-likeness (QED) is 0.656. The molecule has 1 heteroatoms. The zero-order chi connectivity index (χ0) is 11.2. The zero-order valence-electron chi connectivity index (χ0n) is 9.82. The summed E-state index contributed by atoms with van der Waals surface area (Å²) in [6.07, 6.45) is 2.53. The van der Waals surface area contributed by atoms with Crippen LogP contribution in [0, 0.1) is 0 Å². The number of nitrogens with zero attached hydrogens (tertiary/aromatic N) is 1. The van der Waals surface area contributed by atoms with E-state index in [1.165, 1.54) is 47.3 Å². The van der Waals surface area contributed by atoms with Gasteiger partial charge in [-0.15, -0.1) is 0 Å². The molecule has 0 spiro atoms. The van der Waals surface area contributed by atoms with E-state index >= 15 is 0 Å².